The van der Waals surface area contributed by atoms with Gasteiger partial charge in [0.15, 0.2) is 0 Å². The molecule has 1 amide bonds. The highest BCUT2D eigenvalue weighted by Crippen LogP contribution is 2.22. The van der Waals surface area contributed by atoms with Gasteiger partial charge in [-0.1, -0.05) is 87.7 Å². The number of halogens is 1. The van der Waals surface area contributed by atoms with Crippen LogP contribution in [-0.2, 0) is 35.7 Å². The van der Waals surface area contributed by atoms with Crippen molar-refractivity contribution in [2.45, 2.75) is 72.3 Å². The number of aryl methyl sites for hydroxylation is 1. The largest absolute Gasteiger partial charge is 0.459 e. The molecule has 3 rings (SSSR count). The van der Waals surface area contributed by atoms with Crippen molar-refractivity contribution in [3.63, 3.8) is 0 Å². The number of nitrogens with zero attached hydrogens (tertiary/aromatic N) is 2. The normalized spacial score (nSPS) is 12.7. The molecule has 0 aliphatic heterocycles. The number of aromatic nitrogens is 2. The Balaban J connectivity index is 1.68. The van der Waals surface area contributed by atoms with Gasteiger partial charge in [0.1, 0.15) is 29.3 Å². The molecule has 198 valence electrons. The zero-order chi connectivity index (χ0) is 26.8. The third kappa shape index (κ3) is 7.66. The lowest BCUT2D eigenvalue weighted by molar-refractivity contribution is -0.148. The van der Waals surface area contributed by atoms with Crippen molar-refractivity contribution >= 4 is 23.5 Å². The lowest BCUT2D eigenvalue weighted by atomic mass is 9.98. The summed E-state index contributed by atoms with van der Waals surface area (Å²) in [6.45, 7) is 6.43. The van der Waals surface area contributed by atoms with Gasteiger partial charge in [-0.15, -0.1) is 0 Å². The summed E-state index contributed by atoms with van der Waals surface area (Å²) in [5.74, 6) is -0.0298. The number of unbranched alkanes of at least 4 members (excludes halogenated alkanes) is 1. The van der Waals surface area contributed by atoms with Crippen LogP contribution < -0.4 is 5.32 Å². The van der Waals surface area contributed by atoms with Crippen LogP contribution in [0.2, 0.25) is 5.15 Å². The summed E-state index contributed by atoms with van der Waals surface area (Å²) < 4.78 is 7.41. The van der Waals surface area contributed by atoms with E-state index in [1.165, 1.54) is 0 Å². The average Bonchev–Trinajstić information content (AvgIpc) is 3.23. The number of nitrogens with one attached hydrogen (secondary N) is 1. The molecule has 2 N–H and O–H groups in total. The third-order valence-corrected chi connectivity index (χ3v) is 6.91. The van der Waals surface area contributed by atoms with E-state index in [-0.39, 0.29) is 25.0 Å². The van der Waals surface area contributed by atoms with Crippen LogP contribution in [0.4, 0.5) is 0 Å². The molecule has 0 bridgehead atoms. The van der Waals surface area contributed by atoms with E-state index in [1.54, 1.807) is 12.1 Å². The summed E-state index contributed by atoms with van der Waals surface area (Å²) >= 11 is 6.47. The van der Waals surface area contributed by atoms with Crippen LogP contribution in [0.5, 0.6) is 0 Å². The van der Waals surface area contributed by atoms with E-state index in [1.807, 2.05) is 60.9 Å². The second-order valence-corrected chi connectivity index (χ2v) is 9.60. The van der Waals surface area contributed by atoms with Gasteiger partial charge >= 0.3 is 5.97 Å². The number of carbonyl (C=O) groups is 2. The molecule has 0 unspecified atom stereocenters. The molecule has 37 heavy (non-hydrogen) atoms. The number of amides is 1. The van der Waals surface area contributed by atoms with Crippen LogP contribution in [0, 0.1) is 5.92 Å². The van der Waals surface area contributed by atoms with E-state index >= 15 is 0 Å². The Labute approximate surface area is 223 Å². The zero-order valence-corrected chi connectivity index (χ0v) is 22.5. The van der Waals surface area contributed by atoms with E-state index in [4.69, 9.17) is 16.3 Å². The first-order chi connectivity index (χ1) is 17.9. The first-order valence-electron chi connectivity index (χ1n) is 12.8. The highest BCUT2D eigenvalue weighted by molar-refractivity contribution is 6.30. The zero-order valence-electron chi connectivity index (χ0n) is 21.7. The molecule has 0 aliphatic carbocycles. The van der Waals surface area contributed by atoms with E-state index in [9.17, 15) is 14.7 Å². The smallest absolute Gasteiger partial charge is 0.329 e. The molecule has 0 spiro atoms. The molecule has 2 atom stereocenters. The number of rotatable bonds is 13. The quantitative estimate of drug-likeness (QED) is 0.295. The molecular weight excluding hydrogens is 490 g/mol. The van der Waals surface area contributed by atoms with Crippen molar-refractivity contribution < 1.29 is 19.4 Å². The van der Waals surface area contributed by atoms with Gasteiger partial charge in [-0.2, -0.15) is 0 Å². The lowest BCUT2D eigenvalue weighted by Crippen LogP contribution is -2.46. The van der Waals surface area contributed by atoms with Crippen LogP contribution in [-0.4, -0.2) is 32.6 Å². The number of hydrogen-bond acceptors (Lipinski definition) is 5. The van der Waals surface area contributed by atoms with Gasteiger partial charge in [0, 0.05) is 12.0 Å². The summed E-state index contributed by atoms with van der Waals surface area (Å²) in [7, 11) is 0. The molecular formula is C29H36ClN3O4. The van der Waals surface area contributed by atoms with Crippen LogP contribution in [0.1, 0.15) is 73.0 Å². The summed E-state index contributed by atoms with van der Waals surface area (Å²) in [5, 5.41) is 12.9. The summed E-state index contributed by atoms with van der Waals surface area (Å²) in [6, 6.07) is 15.9. The van der Waals surface area contributed by atoms with Gasteiger partial charge in [0.25, 0.3) is 5.91 Å². The van der Waals surface area contributed by atoms with Gasteiger partial charge in [-0.05, 0) is 35.6 Å². The molecule has 0 aliphatic rings. The minimum atomic E-state index is -0.747. The molecule has 7 nitrogen and oxygen atoms in total. The fraction of sp³-hybridized carbons (Fsp3) is 0.414. The molecule has 0 fully saturated rings. The molecule has 2 aromatic carbocycles. The maximum Gasteiger partial charge on any atom is 0.329 e. The Hall–Kier alpha value is -3.16. The number of aliphatic hydroxyl groups excluding tert-OH is 1. The highest BCUT2D eigenvalue weighted by Gasteiger charge is 2.28. The molecule has 0 radical (unpaired) electrons. The van der Waals surface area contributed by atoms with Crippen molar-refractivity contribution in [1.82, 2.24) is 14.9 Å². The molecule has 0 saturated carbocycles. The Morgan fingerprint density at radius 2 is 1.78 bits per heavy atom. The fourth-order valence-corrected chi connectivity index (χ4v) is 4.23. The standard InChI is InChI=1S/C29H36ClN3O4/c1-4-6-12-25-31-24(18-34)27(30)33(25)17-21-13-15-23(16-14-21)28(35)32-26(20(3)5-2)29(36)37-19-22-10-8-7-9-11-22/h7-11,13-16,20,26,34H,4-6,12,17-19H2,1-3H3,(H,32,35)/t20-,26-/m0/s1. The first kappa shape index (κ1) is 28.4. The van der Waals surface area contributed by atoms with E-state index in [2.05, 4.69) is 17.2 Å². The molecule has 8 heteroatoms. The predicted molar refractivity (Wildman–Crippen MR) is 144 cm³/mol. The number of ether oxygens (including phenoxy) is 1. The Morgan fingerprint density at radius 1 is 1.08 bits per heavy atom. The fourth-order valence-electron chi connectivity index (χ4n) is 3.97. The van der Waals surface area contributed by atoms with Crippen LogP contribution >= 0.6 is 11.6 Å². The van der Waals surface area contributed by atoms with Gasteiger partial charge in [0.05, 0.1) is 13.2 Å². The Bertz CT molecular complexity index is 1160. The van der Waals surface area contributed by atoms with Crippen molar-refractivity contribution in [2.24, 2.45) is 5.92 Å². The second-order valence-electron chi connectivity index (χ2n) is 9.24. The minimum absolute atomic E-state index is 0.0860. The van der Waals surface area contributed by atoms with Crippen molar-refractivity contribution in [2.75, 3.05) is 0 Å². The molecule has 3 aromatic rings. The maximum atomic E-state index is 13.0. The number of carbonyl (C=O) groups excluding carboxylic acids is 2. The van der Waals surface area contributed by atoms with E-state index in [0.29, 0.717) is 29.4 Å². The third-order valence-electron chi connectivity index (χ3n) is 6.49. The van der Waals surface area contributed by atoms with Crippen molar-refractivity contribution in [1.29, 1.82) is 0 Å². The second kappa shape index (κ2) is 14.0. The van der Waals surface area contributed by atoms with Crippen LogP contribution in [0.25, 0.3) is 0 Å². The van der Waals surface area contributed by atoms with Gasteiger partial charge in [-0.3, -0.25) is 4.79 Å². The van der Waals surface area contributed by atoms with Crippen LogP contribution in [0.15, 0.2) is 54.6 Å². The van der Waals surface area contributed by atoms with Gasteiger partial charge in [-0.25, -0.2) is 9.78 Å². The van der Waals surface area contributed by atoms with Crippen molar-refractivity contribution in [3.05, 3.63) is 88.0 Å². The predicted octanol–water partition coefficient (Wildman–Crippen LogP) is 5.31. The molecule has 1 aromatic heterocycles. The molecule has 1 heterocycles. The average molecular weight is 526 g/mol. The van der Waals surface area contributed by atoms with Crippen molar-refractivity contribution in [3.8, 4) is 0 Å². The lowest BCUT2D eigenvalue weighted by Gasteiger charge is -2.23. The van der Waals surface area contributed by atoms with E-state index in [0.717, 1.165) is 36.2 Å². The number of benzene rings is 2. The summed E-state index contributed by atoms with van der Waals surface area (Å²) in [4.78, 5) is 30.3. The summed E-state index contributed by atoms with van der Waals surface area (Å²) in [6.07, 6.45) is 3.49. The van der Waals surface area contributed by atoms with Gasteiger partial charge in [0.2, 0.25) is 0 Å². The highest BCUT2D eigenvalue weighted by atomic mass is 35.5. The van der Waals surface area contributed by atoms with Gasteiger partial charge < -0.3 is 19.7 Å². The monoisotopic (exact) mass is 525 g/mol. The Morgan fingerprint density at radius 3 is 2.41 bits per heavy atom. The number of hydrogen-bond donors (Lipinski definition) is 2. The number of esters is 1. The van der Waals surface area contributed by atoms with E-state index < -0.39 is 12.0 Å². The molecule has 0 saturated heterocycles. The topological polar surface area (TPSA) is 93.5 Å². The number of imidazole rings is 1. The minimum Gasteiger partial charge on any atom is -0.459 e. The SMILES string of the molecule is CCCCc1nc(CO)c(Cl)n1Cc1ccc(C(=O)N[C@H](C(=O)OCc2ccccc2)[C@@H](C)CC)cc1. The maximum absolute atomic E-state index is 13.0. The number of aliphatic hydroxyl groups is 1. The van der Waals surface area contributed by atoms with Crippen LogP contribution in [0.3, 0.4) is 0 Å². The Kier molecular flexibility index (Phi) is 10.7. The first-order valence-corrected chi connectivity index (χ1v) is 13.2. The summed E-state index contributed by atoms with van der Waals surface area (Å²) in [5.41, 5.74) is 2.76.